The van der Waals surface area contributed by atoms with Gasteiger partial charge in [-0.1, -0.05) is 29.0 Å². The zero-order chi connectivity index (χ0) is 14.1. The molecule has 2 heterocycles. The summed E-state index contributed by atoms with van der Waals surface area (Å²) in [7, 11) is 0. The van der Waals surface area contributed by atoms with Crippen LogP contribution < -0.4 is 0 Å². The number of hydrogen-bond donors (Lipinski definition) is 0. The average molecular weight is 281 g/mol. The molecule has 0 N–H and O–H groups in total. The Balaban J connectivity index is 2.24. The minimum Gasteiger partial charge on any atom is -0.224 e. The Hall–Kier alpha value is -2.52. The van der Waals surface area contributed by atoms with Crippen LogP contribution >= 0.6 is 11.3 Å². The zero-order valence-corrected chi connectivity index (χ0v) is 11.8. The highest BCUT2D eigenvalue weighted by molar-refractivity contribution is 7.12. The van der Waals surface area contributed by atoms with E-state index in [1.165, 1.54) is 11.3 Å². The van der Waals surface area contributed by atoms with Crippen molar-refractivity contribution >= 4 is 11.3 Å². The third kappa shape index (κ3) is 2.08. The Morgan fingerprint density at radius 1 is 1.30 bits per heavy atom. The van der Waals surface area contributed by atoms with Crippen LogP contribution in [0.25, 0.3) is 16.4 Å². The molecule has 0 spiro atoms. The molecular weight excluding hydrogens is 270 g/mol. The molecule has 6 heteroatoms. The summed E-state index contributed by atoms with van der Waals surface area (Å²) >= 11 is 1.48. The first-order valence-electron chi connectivity index (χ1n) is 6.04. The number of benzene rings is 1. The molecule has 1 aromatic carbocycles. The van der Waals surface area contributed by atoms with Crippen LogP contribution in [0.4, 0.5) is 0 Å². The van der Waals surface area contributed by atoms with Crippen molar-refractivity contribution in [1.82, 2.24) is 20.0 Å². The minimum atomic E-state index is 0.309. The molecule has 0 amide bonds. The van der Waals surface area contributed by atoms with Crippen LogP contribution in [0.5, 0.6) is 0 Å². The fourth-order valence-corrected chi connectivity index (χ4v) is 2.73. The largest absolute Gasteiger partial charge is 0.224 e. The fraction of sp³-hybridized carbons (Fsp3) is 0.143. The number of nitrogens with zero attached hydrogens (tertiary/aromatic N) is 5. The van der Waals surface area contributed by atoms with Gasteiger partial charge in [-0.3, -0.25) is 0 Å². The van der Waals surface area contributed by atoms with Crippen LogP contribution in [0.15, 0.2) is 29.6 Å². The summed E-state index contributed by atoms with van der Waals surface area (Å²) in [6, 6.07) is 10.0. The SMILES string of the molecule is Cc1cccc(-c2c(C#N)nnn2-c2nc(C)cs2)c1. The van der Waals surface area contributed by atoms with Crippen LogP contribution in [0.2, 0.25) is 0 Å². The molecule has 0 saturated carbocycles. The van der Waals surface area contributed by atoms with Gasteiger partial charge in [0.15, 0.2) is 5.69 Å². The third-order valence-electron chi connectivity index (χ3n) is 2.86. The molecule has 0 radical (unpaired) electrons. The number of hydrogen-bond acceptors (Lipinski definition) is 5. The maximum atomic E-state index is 9.23. The van der Waals surface area contributed by atoms with E-state index in [9.17, 15) is 5.26 Å². The van der Waals surface area contributed by atoms with Gasteiger partial charge < -0.3 is 0 Å². The highest BCUT2D eigenvalue weighted by Gasteiger charge is 2.17. The molecule has 0 aliphatic carbocycles. The first kappa shape index (κ1) is 12.5. The van der Waals surface area contributed by atoms with E-state index in [-0.39, 0.29) is 0 Å². The van der Waals surface area contributed by atoms with Crippen molar-refractivity contribution < 1.29 is 0 Å². The van der Waals surface area contributed by atoms with Crippen molar-refractivity contribution in [3.63, 3.8) is 0 Å². The number of nitriles is 1. The highest BCUT2D eigenvalue weighted by Crippen LogP contribution is 2.26. The maximum absolute atomic E-state index is 9.23. The lowest BCUT2D eigenvalue weighted by Crippen LogP contribution is -1.99. The smallest absolute Gasteiger partial charge is 0.212 e. The molecule has 0 unspecified atom stereocenters. The van der Waals surface area contributed by atoms with E-state index in [4.69, 9.17) is 0 Å². The van der Waals surface area contributed by atoms with Gasteiger partial charge in [-0.25, -0.2) is 4.98 Å². The lowest BCUT2D eigenvalue weighted by Gasteiger charge is -2.04. The summed E-state index contributed by atoms with van der Waals surface area (Å²) in [5.41, 5.74) is 3.96. The Morgan fingerprint density at radius 3 is 2.80 bits per heavy atom. The Labute approximate surface area is 120 Å². The van der Waals surface area contributed by atoms with E-state index in [0.717, 1.165) is 16.8 Å². The summed E-state index contributed by atoms with van der Waals surface area (Å²) in [5.74, 6) is 0. The lowest BCUT2D eigenvalue weighted by molar-refractivity contribution is 0.798. The molecule has 3 aromatic rings. The molecular formula is C14H11N5S. The van der Waals surface area contributed by atoms with Crippen molar-refractivity contribution in [2.75, 3.05) is 0 Å². The van der Waals surface area contributed by atoms with Crippen molar-refractivity contribution in [3.05, 3.63) is 46.6 Å². The highest BCUT2D eigenvalue weighted by atomic mass is 32.1. The summed E-state index contributed by atoms with van der Waals surface area (Å²) in [6.45, 7) is 3.94. The van der Waals surface area contributed by atoms with Gasteiger partial charge >= 0.3 is 0 Å². The van der Waals surface area contributed by atoms with Crippen molar-refractivity contribution in [2.24, 2.45) is 0 Å². The Bertz CT molecular complexity index is 809. The standard InChI is InChI=1S/C14H11N5S/c1-9-4-3-5-11(6-9)13-12(7-15)17-18-19(13)14-16-10(2)8-20-14/h3-6,8H,1-2H3. The summed E-state index contributed by atoms with van der Waals surface area (Å²) < 4.78 is 1.63. The molecule has 0 fully saturated rings. The first-order valence-corrected chi connectivity index (χ1v) is 6.92. The van der Waals surface area contributed by atoms with Crippen LogP contribution in [0.1, 0.15) is 17.0 Å². The fourth-order valence-electron chi connectivity index (χ4n) is 1.98. The molecule has 0 atom stereocenters. The van der Waals surface area contributed by atoms with Crippen LogP contribution in [0.3, 0.4) is 0 Å². The van der Waals surface area contributed by atoms with E-state index >= 15 is 0 Å². The molecule has 3 rings (SSSR count). The van der Waals surface area contributed by atoms with Crippen LogP contribution in [-0.4, -0.2) is 20.0 Å². The van der Waals surface area contributed by atoms with Gasteiger partial charge in [0.1, 0.15) is 11.8 Å². The molecule has 98 valence electrons. The van der Waals surface area contributed by atoms with Gasteiger partial charge in [-0.15, -0.1) is 16.4 Å². The molecule has 0 aliphatic rings. The monoisotopic (exact) mass is 281 g/mol. The quantitative estimate of drug-likeness (QED) is 0.724. The van der Waals surface area contributed by atoms with Crippen molar-refractivity contribution in [1.29, 1.82) is 5.26 Å². The molecule has 5 nitrogen and oxygen atoms in total. The minimum absolute atomic E-state index is 0.309. The number of rotatable bonds is 2. The normalized spacial score (nSPS) is 10.4. The summed E-state index contributed by atoms with van der Waals surface area (Å²) in [6.07, 6.45) is 0. The topological polar surface area (TPSA) is 67.4 Å². The number of aryl methyl sites for hydroxylation is 2. The second-order valence-corrected chi connectivity index (χ2v) is 5.29. The van der Waals surface area contributed by atoms with Gasteiger partial charge in [-0.05, 0) is 19.9 Å². The van der Waals surface area contributed by atoms with Crippen LogP contribution in [-0.2, 0) is 0 Å². The van der Waals surface area contributed by atoms with Crippen LogP contribution in [0, 0.1) is 25.2 Å². The van der Waals surface area contributed by atoms with Crippen molar-refractivity contribution in [3.8, 4) is 22.5 Å². The van der Waals surface area contributed by atoms with Gasteiger partial charge in [0.25, 0.3) is 0 Å². The second kappa shape index (κ2) is 4.87. The van der Waals surface area contributed by atoms with E-state index in [2.05, 4.69) is 21.4 Å². The average Bonchev–Trinajstić information content (AvgIpc) is 3.04. The second-order valence-electron chi connectivity index (χ2n) is 4.45. The van der Waals surface area contributed by atoms with Gasteiger partial charge in [0, 0.05) is 10.9 Å². The molecule has 0 saturated heterocycles. The Kier molecular flexibility index (Phi) is 3.05. The van der Waals surface area contributed by atoms with Gasteiger partial charge in [0.2, 0.25) is 5.13 Å². The summed E-state index contributed by atoms with van der Waals surface area (Å²) in [5, 5.41) is 19.9. The molecule has 0 bridgehead atoms. The van der Waals surface area contributed by atoms with E-state index in [1.807, 2.05) is 43.5 Å². The van der Waals surface area contributed by atoms with E-state index in [0.29, 0.717) is 16.5 Å². The third-order valence-corrected chi connectivity index (χ3v) is 3.79. The molecule has 20 heavy (non-hydrogen) atoms. The molecule has 2 aromatic heterocycles. The number of thiazole rings is 1. The molecule has 0 aliphatic heterocycles. The first-order chi connectivity index (χ1) is 9.69. The number of aromatic nitrogens is 4. The summed E-state index contributed by atoms with van der Waals surface area (Å²) in [4.78, 5) is 4.41. The lowest BCUT2D eigenvalue weighted by atomic mass is 10.1. The predicted octanol–water partition coefficient (Wildman–Crippen LogP) is 2.88. The zero-order valence-electron chi connectivity index (χ0n) is 11.0. The maximum Gasteiger partial charge on any atom is 0.212 e. The van der Waals surface area contributed by atoms with Crippen molar-refractivity contribution in [2.45, 2.75) is 13.8 Å². The predicted molar refractivity (Wildman–Crippen MR) is 76.7 cm³/mol. The van der Waals surface area contributed by atoms with E-state index < -0.39 is 0 Å². The van der Waals surface area contributed by atoms with Gasteiger partial charge in [0.05, 0.1) is 5.69 Å². The van der Waals surface area contributed by atoms with Gasteiger partial charge in [-0.2, -0.15) is 9.94 Å². The Morgan fingerprint density at radius 2 is 2.15 bits per heavy atom. The van der Waals surface area contributed by atoms with E-state index in [1.54, 1.807) is 4.68 Å².